The van der Waals surface area contributed by atoms with E-state index in [0.29, 0.717) is 17.9 Å². The van der Waals surface area contributed by atoms with E-state index in [4.69, 9.17) is 0 Å². The molecule has 23 heavy (non-hydrogen) atoms. The Morgan fingerprint density at radius 2 is 1.87 bits per heavy atom. The van der Waals surface area contributed by atoms with Gasteiger partial charge in [0.1, 0.15) is 0 Å². The molecule has 3 aliphatic heterocycles. The molecule has 3 heterocycles. The summed E-state index contributed by atoms with van der Waals surface area (Å²) in [4.78, 5) is 14.3. The topological polar surface area (TPSA) is 57.7 Å². The van der Waals surface area contributed by atoms with Crippen LogP contribution in [0.25, 0.3) is 0 Å². The van der Waals surface area contributed by atoms with E-state index in [-0.39, 0.29) is 11.9 Å². The fraction of sp³-hybridized carbons (Fsp3) is 0.588. The van der Waals surface area contributed by atoms with Gasteiger partial charge in [-0.25, -0.2) is 8.42 Å². The summed E-state index contributed by atoms with van der Waals surface area (Å²) in [5.74, 6) is 0.0989. The molecule has 0 saturated carbocycles. The van der Waals surface area contributed by atoms with E-state index in [1.807, 2.05) is 11.8 Å². The van der Waals surface area contributed by atoms with Crippen LogP contribution in [0.15, 0.2) is 17.0 Å². The smallest absolute Gasteiger partial charge is 0.243 e. The molecule has 0 bridgehead atoms. The third kappa shape index (κ3) is 2.31. The first-order chi connectivity index (χ1) is 11.0. The minimum absolute atomic E-state index is 0.0523. The number of aryl methyl sites for hydroxylation is 1. The average Bonchev–Trinajstić information content (AvgIpc) is 2.85. The molecule has 1 saturated heterocycles. The van der Waals surface area contributed by atoms with E-state index in [0.717, 1.165) is 55.5 Å². The van der Waals surface area contributed by atoms with Gasteiger partial charge < -0.3 is 4.90 Å². The van der Waals surface area contributed by atoms with Crippen molar-refractivity contribution in [3.05, 3.63) is 23.3 Å². The van der Waals surface area contributed by atoms with E-state index in [1.165, 1.54) is 0 Å². The van der Waals surface area contributed by atoms with Gasteiger partial charge in [0, 0.05) is 19.1 Å². The number of carbonyl (C=O) groups is 1. The number of anilines is 1. The summed E-state index contributed by atoms with van der Waals surface area (Å²) < 4.78 is 27.8. The third-order valence-corrected chi connectivity index (χ3v) is 7.32. The van der Waals surface area contributed by atoms with Gasteiger partial charge in [-0.15, -0.1) is 0 Å². The molecule has 1 atom stereocenters. The largest absolute Gasteiger partial charge is 0.312 e. The monoisotopic (exact) mass is 334 g/mol. The number of carbonyl (C=O) groups excluding carboxylic acids is 1. The number of hydrogen-bond donors (Lipinski definition) is 0. The molecule has 0 unspecified atom stereocenters. The number of amides is 1. The number of benzene rings is 1. The summed E-state index contributed by atoms with van der Waals surface area (Å²) in [6.45, 7) is 3.34. The van der Waals surface area contributed by atoms with Crippen molar-refractivity contribution in [3.63, 3.8) is 0 Å². The van der Waals surface area contributed by atoms with Crippen LogP contribution in [0.4, 0.5) is 5.69 Å². The molecular formula is C17H22N2O3S. The Morgan fingerprint density at radius 3 is 2.65 bits per heavy atom. The highest BCUT2D eigenvalue weighted by Gasteiger charge is 2.36. The van der Waals surface area contributed by atoms with Gasteiger partial charge in [0.15, 0.2) is 0 Å². The van der Waals surface area contributed by atoms with E-state index >= 15 is 0 Å². The summed E-state index contributed by atoms with van der Waals surface area (Å²) in [6.07, 6.45) is 5.02. The fourth-order valence-corrected chi connectivity index (χ4v) is 5.96. The lowest BCUT2D eigenvalue weighted by atomic mass is 10.0. The second kappa shape index (κ2) is 5.31. The van der Waals surface area contributed by atoms with Gasteiger partial charge in [0.2, 0.25) is 15.9 Å². The summed E-state index contributed by atoms with van der Waals surface area (Å²) in [6, 6.07) is 3.59. The predicted molar refractivity (Wildman–Crippen MR) is 88.0 cm³/mol. The molecule has 5 nitrogen and oxygen atoms in total. The molecule has 0 spiro atoms. The summed E-state index contributed by atoms with van der Waals surface area (Å²) >= 11 is 0. The Labute approximate surface area is 137 Å². The Kier molecular flexibility index (Phi) is 3.50. The molecule has 0 aromatic heterocycles. The summed E-state index contributed by atoms with van der Waals surface area (Å²) in [5, 5.41) is 0. The standard InChI is InChI=1S/C17H22N2O3S/c1-12-5-2-3-8-19(12)23(21,22)15-9-13-6-4-7-18-16(20)11-14(10-15)17(13)18/h9-10,12H,2-8,11H2,1H3/t12-/m0/s1. The van der Waals surface area contributed by atoms with Crippen molar-refractivity contribution >= 4 is 21.6 Å². The van der Waals surface area contributed by atoms with Crippen LogP contribution >= 0.6 is 0 Å². The van der Waals surface area contributed by atoms with Gasteiger partial charge in [-0.1, -0.05) is 6.42 Å². The van der Waals surface area contributed by atoms with Gasteiger partial charge in [0.05, 0.1) is 17.0 Å². The molecule has 124 valence electrons. The molecule has 1 fully saturated rings. The van der Waals surface area contributed by atoms with E-state index in [9.17, 15) is 13.2 Å². The zero-order valence-corrected chi connectivity index (χ0v) is 14.2. The molecule has 1 aromatic rings. The number of sulfonamides is 1. The quantitative estimate of drug-likeness (QED) is 0.832. The molecule has 0 radical (unpaired) electrons. The minimum atomic E-state index is -3.47. The highest BCUT2D eigenvalue weighted by atomic mass is 32.2. The van der Waals surface area contributed by atoms with Crippen LogP contribution in [0.3, 0.4) is 0 Å². The van der Waals surface area contributed by atoms with Crippen LogP contribution in [0.5, 0.6) is 0 Å². The first-order valence-electron chi connectivity index (χ1n) is 8.46. The maximum absolute atomic E-state index is 13.1. The Bertz CT molecular complexity index is 772. The van der Waals surface area contributed by atoms with Crippen molar-refractivity contribution < 1.29 is 13.2 Å². The maximum Gasteiger partial charge on any atom is 0.243 e. The molecule has 3 aliphatic rings. The van der Waals surface area contributed by atoms with E-state index < -0.39 is 10.0 Å². The lowest BCUT2D eigenvalue weighted by molar-refractivity contribution is -0.117. The van der Waals surface area contributed by atoms with Gasteiger partial charge >= 0.3 is 0 Å². The molecule has 4 rings (SSSR count). The highest BCUT2D eigenvalue weighted by Crippen LogP contribution is 2.39. The summed E-state index contributed by atoms with van der Waals surface area (Å²) in [5.41, 5.74) is 2.88. The number of hydrogen-bond acceptors (Lipinski definition) is 3. The minimum Gasteiger partial charge on any atom is -0.312 e. The molecule has 6 heteroatoms. The summed E-state index contributed by atoms with van der Waals surface area (Å²) in [7, 11) is -3.47. The van der Waals surface area contributed by atoms with E-state index in [2.05, 4.69) is 0 Å². The molecule has 0 N–H and O–H groups in total. The van der Waals surface area contributed by atoms with Crippen LogP contribution in [-0.2, 0) is 27.7 Å². The Morgan fingerprint density at radius 1 is 1.09 bits per heavy atom. The van der Waals surface area contributed by atoms with Crippen molar-refractivity contribution in [2.75, 3.05) is 18.0 Å². The van der Waals surface area contributed by atoms with Gasteiger partial charge in [-0.3, -0.25) is 4.79 Å². The van der Waals surface area contributed by atoms with Crippen LogP contribution in [0.2, 0.25) is 0 Å². The zero-order valence-electron chi connectivity index (χ0n) is 13.4. The number of nitrogens with zero attached hydrogens (tertiary/aromatic N) is 2. The lowest BCUT2D eigenvalue weighted by Crippen LogP contribution is -2.42. The first kappa shape index (κ1) is 15.1. The van der Waals surface area contributed by atoms with Crippen molar-refractivity contribution in [2.24, 2.45) is 0 Å². The van der Waals surface area contributed by atoms with E-state index in [1.54, 1.807) is 16.4 Å². The second-order valence-corrected chi connectivity index (χ2v) is 8.77. The number of piperidine rings is 1. The van der Waals surface area contributed by atoms with Gasteiger partial charge in [0.25, 0.3) is 0 Å². The Balaban J connectivity index is 1.79. The lowest BCUT2D eigenvalue weighted by Gasteiger charge is -2.33. The van der Waals surface area contributed by atoms with Crippen LogP contribution < -0.4 is 4.90 Å². The Hall–Kier alpha value is -1.40. The van der Waals surface area contributed by atoms with Crippen molar-refractivity contribution in [1.29, 1.82) is 0 Å². The SMILES string of the molecule is C[C@H]1CCCCN1S(=O)(=O)c1cc2c3c(c1)CC(=O)N3CCC2. The molecular weight excluding hydrogens is 312 g/mol. The highest BCUT2D eigenvalue weighted by molar-refractivity contribution is 7.89. The van der Waals surface area contributed by atoms with Crippen LogP contribution in [0.1, 0.15) is 43.7 Å². The fourth-order valence-electron chi connectivity index (χ4n) is 4.16. The van der Waals surface area contributed by atoms with Crippen LogP contribution in [0, 0.1) is 0 Å². The average molecular weight is 334 g/mol. The number of rotatable bonds is 2. The van der Waals surface area contributed by atoms with Crippen molar-refractivity contribution in [3.8, 4) is 0 Å². The predicted octanol–water partition coefficient (Wildman–Crippen LogP) is 2.08. The van der Waals surface area contributed by atoms with Crippen LogP contribution in [-0.4, -0.2) is 37.8 Å². The van der Waals surface area contributed by atoms with Gasteiger partial charge in [-0.2, -0.15) is 4.31 Å². The third-order valence-electron chi connectivity index (χ3n) is 5.33. The molecule has 1 aromatic carbocycles. The van der Waals surface area contributed by atoms with Crippen molar-refractivity contribution in [1.82, 2.24) is 4.31 Å². The van der Waals surface area contributed by atoms with Crippen molar-refractivity contribution in [2.45, 2.75) is 56.4 Å². The molecule has 0 aliphatic carbocycles. The maximum atomic E-state index is 13.1. The zero-order chi connectivity index (χ0) is 16.2. The normalized spacial score (nSPS) is 24.8. The second-order valence-electron chi connectivity index (χ2n) is 6.88. The first-order valence-corrected chi connectivity index (χ1v) is 9.90. The van der Waals surface area contributed by atoms with Gasteiger partial charge in [-0.05, 0) is 55.9 Å². The molecule has 1 amide bonds.